The molecule has 0 unspecified atom stereocenters. The minimum absolute atomic E-state index is 0.249. The van der Waals surface area contributed by atoms with Crippen LogP contribution >= 0.6 is 11.3 Å². The van der Waals surface area contributed by atoms with E-state index in [0.29, 0.717) is 22.8 Å². The number of carbonyl (C=O) groups excluding carboxylic acids is 1. The molecular weight excluding hydrogens is 284 g/mol. The number of benzene rings is 1. The van der Waals surface area contributed by atoms with E-state index >= 15 is 0 Å². The number of thiazole rings is 1. The second-order valence-electron chi connectivity index (χ2n) is 4.43. The number of hydrogen-bond donors (Lipinski definition) is 1. The largest absolute Gasteiger partial charge is 0.364 e. The monoisotopic (exact) mass is 296 g/mol. The highest BCUT2D eigenvalue weighted by Crippen LogP contribution is 2.20. The van der Waals surface area contributed by atoms with Gasteiger partial charge in [-0.3, -0.25) is 4.79 Å². The van der Waals surface area contributed by atoms with Gasteiger partial charge in [0.25, 0.3) is 5.91 Å². The van der Waals surface area contributed by atoms with Crippen LogP contribution in [0.3, 0.4) is 0 Å². The van der Waals surface area contributed by atoms with E-state index in [1.807, 2.05) is 35.7 Å². The van der Waals surface area contributed by atoms with Gasteiger partial charge in [0.2, 0.25) is 0 Å². The smallest absolute Gasteiger partial charge is 0.267 e. The predicted molar refractivity (Wildman–Crippen MR) is 80.9 cm³/mol. The van der Waals surface area contributed by atoms with Gasteiger partial charge in [0, 0.05) is 29.8 Å². The molecule has 0 bridgehead atoms. The summed E-state index contributed by atoms with van der Waals surface area (Å²) >= 11 is 1.42. The summed E-state index contributed by atoms with van der Waals surface area (Å²) in [5.41, 5.74) is 7.48. The number of aromatic nitrogens is 3. The van der Waals surface area contributed by atoms with Crippen LogP contribution in [-0.2, 0) is 6.42 Å². The van der Waals surface area contributed by atoms with Crippen molar-refractivity contribution < 1.29 is 4.79 Å². The lowest BCUT2D eigenvalue weighted by molar-refractivity contribution is 0.0994. The van der Waals surface area contributed by atoms with Crippen molar-refractivity contribution in [1.29, 1.82) is 0 Å². The van der Waals surface area contributed by atoms with Crippen molar-refractivity contribution in [2.75, 3.05) is 0 Å². The Morgan fingerprint density at radius 2 is 2.00 bits per heavy atom. The van der Waals surface area contributed by atoms with E-state index in [0.717, 1.165) is 5.56 Å². The molecule has 0 radical (unpaired) electrons. The Hall–Kier alpha value is -2.60. The zero-order valence-electron chi connectivity index (χ0n) is 11.1. The van der Waals surface area contributed by atoms with Crippen molar-refractivity contribution in [2.45, 2.75) is 6.42 Å². The molecule has 0 aliphatic heterocycles. The van der Waals surface area contributed by atoms with Gasteiger partial charge in [-0.25, -0.2) is 15.0 Å². The quantitative estimate of drug-likeness (QED) is 0.801. The zero-order chi connectivity index (χ0) is 14.7. The Morgan fingerprint density at radius 1 is 1.19 bits per heavy atom. The summed E-state index contributed by atoms with van der Waals surface area (Å²) in [4.78, 5) is 24.4. The number of carbonyl (C=O) groups is 1. The van der Waals surface area contributed by atoms with Gasteiger partial charge >= 0.3 is 0 Å². The third kappa shape index (κ3) is 2.95. The van der Waals surface area contributed by atoms with Crippen molar-refractivity contribution in [2.24, 2.45) is 5.73 Å². The summed E-state index contributed by atoms with van der Waals surface area (Å²) in [6, 6.07) is 9.81. The molecule has 6 heteroatoms. The molecule has 0 fully saturated rings. The van der Waals surface area contributed by atoms with Crippen molar-refractivity contribution in [3.05, 3.63) is 64.9 Å². The SMILES string of the molecule is NC(=O)c1nc(-c2nccs2)ncc1Cc1ccccc1. The molecule has 3 aromatic rings. The summed E-state index contributed by atoms with van der Waals surface area (Å²) in [5.74, 6) is -0.128. The molecule has 0 aliphatic carbocycles. The summed E-state index contributed by atoms with van der Waals surface area (Å²) in [6.45, 7) is 0. The Labute approximate surface area is 125 Å². The summed E-state index contributed by atoms with van der Waals surface area (Å²) in [6.07, 6.45) is 3.89. The summed E-state index contributed by atoms with van der Waals surface area (Å²) in [7, 11) is 0. The predicted octanol–water partition coefficient (Wildman–Crippen LogP) is 2.29. The van der Waals surface area contributed by atoms with Crippen LogP contribution in [0.4, 0.5) is 0 Å². The van der Waals surface area contributed by atoms with Crippen molar-refractivity contribution in [1.82, 2.24) is 15.0 Å². The van der Waals surface area contributed by atoms with Gasteiger partial charge in [-0.15, -0.1) is 11.3 Å². The van der Waals surface area contributed by atoms with E-state index < -0.39 is 5.91 Å². The molecule has 0 saturated carbocycles. The van der Waals surface area contributed by atoms with E-state index in [-0.39, 0.29) is 5.69 Å². The van der Waals surface area contributed by atoms with E-state index in [2.05, 4.69) is 15.0 Å². The highest BCUT2D eigenvalue weighted by molar-refractivity contribution is 7.12. The molecule has 21 heavy (non-hydrogen) atoms. The van der Waals surface area contributed by atoms with Crippen LogP contribution in [-0.4, -0.2) is 20.9 Å². The number of nitrogens with two attached hydrogens (primary N) is 1. The van der Waals surface area contributed by atoms with E-state index in [1.165, 1.54) is 11.3 Å². The Kier molecular flexibility index (Phi) is 3.70. The molecule has 2 heterocycles. The Bertz CT molecular complexity index is 757. The van der Waals surface area contributed by atoms with Crippen LogP contribution in [0.5, 0.6) is 0 Å². The lowest BCUT2D eigenvalue weighted by atomic mass is 10.0. The molecule has 2 aromatic heterocycles. The van der Waals surface area contributed by atoms with Crippen LogP contribution in [0.2, 0.25) is 0 Å². The standard InChI is InChI=1S/C15H12N4OS/c16-13(20)12-11(8-10-4-2-1-3-5-10)9-18-14(19-12)15-17-6-7-21-15/h1-7,9H,8H2,(H2,16,20). The molecule has 0 atom stereocenters. The molecule has 104 valence electrons. The lowest BCUT2D eigenvalue weighted by Gasteiger charge is -2.07. The number of hydrogen-bond acceptors (Lipinski definition) is 5. The Balaban J connectivity index is 1.99. The fraction of sp³-hybridized carbons (Fsp3) is 0.0667. The van der Waals surface area contributed by atoms with Crippen LogP contribution < -0.4 is 5.73 Å². The fourth-order valence-corrected chi connectivity index (χ4v) is 2.58. The van der Waals surface area contributed by atoms with Gasteiger partial charge in [0.15, 0.2) is 10.8 Å². The number of primary amides is 1. The second kappa shape index (κ2) is 5.80. The number of rotatable bonds is 4. The molecular formula is C15H12N4OS. The maximum Gasteiger partial charge on any atom is 0.267 e. The third-order valence-electron chi connectivity index (χ3n) is 2.96. The molecule has 5 nitrogen and oxygen atoms in total. The van der Waals surface area contributed by atoms with Gasteiger partial charge in [-0.2, -0.15) is 0 Å². The van der Waals surface area contributed by atoms with Gasteiger partial charge < -0.3 is 5.73 Å². The lowest BCUT2D eigenvalue weighted by Crippen LogP contribution is -2.17. The van der Waals surface area contributed by atoms with Crippen molar-refractivity contribution in [3.8, 4) is 10.8 Å². The molecule has 3 rings (SSSR count). The number of nitrogens with zero attached hydrogens (tertiary/aromatic N) is 3. The topological polar surface area (TPSA) is 81.8 Å². The van der Waals surface area contributed by atoms with E-state index in [9.17, 15) is 4.79 Å². The molecule has 1 aromatic carbocycles. The first kappa shape index (κ1) is 13.4. The highest BCUT2D eigenvalue weighted by Gasteiger charge is 2.14. The van der Waals surface area contributed by atoms with Gasteiger partial charge in [-0.1, -0.05) is 30.3 Å². The maximum atomic E-state index is 11.6. The molecule has 0 saturated heterocycles. The number of amides is 1. The first-order valence-corrected chi connectivity index (χ1v) is 7.21. The maximum absolute atomic E-state index is 11.6. The summed E-state index contributed by atoms with van der Waals surface area (Å²) in [5, 5.41) is 2.50. The van der Waals surface area contributed by atoms with Crippen LogP contribution in [0.15, 0.2) is 48.1 Å². The first-order chi connectivity index (χ1) is 10.2. The minimum Gasteiger partial charge on any atom is -0.364 e. The van der Waals surface area contributed by atoms with Crippen molar-refractivity contribution in [3.63, 3.8) is 0 Å². The molecule has 0 aliphatic rings. The van der Waals surface area contributed by atoms with Gasteiger partial charge in [-0.05, 0) is 5.56 Å². The van der Waals surface area contributed by atoms with E-state index in [1.54, 1.807) is 12.4 Å². The van der Waals surface area contributed by atoms with Crippen molar-refractivity contribution >= 4 is 17.2 Å². The minimum atomic E-state index is -0.555. The highest BCUT2D eigenvalue weighted by atomic mass is 32.1. The molecule has 0 spiro atoms. The van der Waals surface area contributed by atoms with E-state index in [4.69, 9.17) is 5.73 Å². The molecule has 2 N–H and O–H groups in total. The summed E-state index contributed by atoms with van der Waals surface area (Å²) < 4.78 is 0. The van der Waals surface area contributed by atoms with Crippen LogP contribution in [0.25, 0.3) is 10.8 Å². The average Bonchev–Trinajstić information content (AvgIpc) is 3.03. The Morgan fingerprint density at radius 3 is 2.67 bits per heavy atom. The first-order valence-electron chi connectivity index (χ1n) is 6.33. The molecule has 1 amide bonds. The third-order valence-corrected chi connectivity index (χ3v) is 3.73. The van der Waals surface area contributed by atoms with Gasteiger partial charge in [0.1, 0.15) is 5.69 Å². The zero-order valence-corrected chi connectivity index (χ0v) is 11.9. The van der Waals surface area contributed by atoms with Crippen LogP contribution in [0, 0.1) is 0 Å². The van der Waals surface area contributed by atoms with Gasteiger partial charge in [0.05, 0.1) is 0 Å². The second-order valence-corrected chi connectivity index (χ2v) is 5.33. The fourth-order valence-electron chi connectivity index (χ4n) is 2.00. The average molecular weight is 296 g/mol. The van der Waals surface area contributed by atoms with Crippen LogP contribution in [0.1, 0.15) is 21.6 Å². The normalized spacial score (nSPS) is 10.5.